The van der Waals surface area contributed by atoms with Crippen LogP contribution in [0.15, 0.2) is 24.3 Å². The van der Waals surface area contributed by atoms with Gasteiger partial charge < -0.3 is 24.2 Å². The Morgan fingerprint density at radius 1 is 1.04 bits per heavy atom. The molecule has 1 saturated heterocycles. The van der Waals surface area contributed by atoms with E-state index in [9.17, 15) is 9.59 Å². The molecule has 1 heterocycles. The molecule has 144 valence electrons. The van der Waals surface area contributed by atoms with Gasteiger partial charge in [-0.25, -0.2) is 0 Å². The van der Waals surface area contributed by atoms with Crippen molar-refractivity contribution in [1.82, 2.24) is 9.80 Å². The average molecular weight is 363 g/mol. The zero-order valence-electron chi connectivity index (χ0n) is 15.9. The van der Waals surface area contributed by atoms with Crippen LogP contribution in [0.2, 0.25) is 0 Å². The number of rotatable bonds is 8. The number of hydrogen-bond donors (Lipinski definition) is 0. The van der Waals surface area contributed by atoms with Crippen LogP contribution in [0.1, 0.15) is 13.3 Å². The van der Waals surface area contributed by atoms with Crippen molar-refractivity contribution in [2.24, 2.45) is 0 Å². The zero-order chi connectivity index (χ0) is 18.9. The number of anilines is 1. The Hall–Kier alpha value is -2.28. The maximum atomic E-state index is 12.4. The van der Waals surface area contributed by atoms with E-state index in [-0.39, 0.29) is 11.8 Å². The van der Waals surface area contributed by atoms with E-state index < -0.39 is 0 Å². The SMILES string of the molecule is COCCN(CCC(=O)N1CCN(c2ccc(OC)cc2)CC1)C(C)=O. The lowest BCUT2D eigenvalue weighted by Gasteiger charge is -2.36. The summed E-state index contributed by atoms with van der Waals surface area (Å²) in [6.45, 7) is 5.96. The van der Waals surface area contributed by atoms with Gasteiger partial charge in [0.2, 0.25) is 11.8 Å². The minimum absolute atomic E-state index is 0.0285. The zero-order valence-corrected chi connectivity index (χ0v) is 15.9. The second-order valence-corrected chi connectivity index (χ2v) is 6.31. The first-order valence-corrected chi connectivity index (χ1v) is 8.96. The summed E-state index contributed by atoms with van der Waals surface area (Å²) in [6.07, 6.45) is 0.353. The Kier molecular flexibility index (Phi) is 7.72. The van der Waals surface area contributed by atoms with Crippen molar-refractivity contribution in [2.75, 3.05) is 65.0 Å². The molecule has 1 aliphatic rings. The Bertz CT molecular complexity index is 583. The molecule has 1 aromatic rings. The molecule has 0 aromatic heterocycles. The Morgan fingerprint density at radius 2 is 1.69 bits per heavy atom. The molecule has 1 fully saturated rings. The van der Waals surface area contributed by atoms with E-state index in [1.165, 1.54) is 6.92 Å². The molecular formula is C19H29N3O4. The highest BCUT2D eigenvalue weighted by Gasteiger charge is 2.22. The fourth-order valence-corrected chi connectivity index (χ4v) is 3.02. The second-order valence-electron chi connectivity index (χ2n) is 6.31. The molecule has 0 saturated carbocycles. The summed E-state index contributed by atoms with van der Waals surface area (Å²) in [6, 6.07) is 7.97. The van der Waals surface area contributed by atoms with Crippen molar-refractivity contribution >= 4 is 17.5 Å². The van der Waals surface area contributed by atoms with E-state index in [1.54, 1.807) is 19.1 Å². The number of amides is 2. The van der Waals surface area contributed by atoms with Crippen molar-refractivity contribution in [1.29, 1.82) is 0 Å². The van der Waals surface area contributed by atoms with Crippen molar-refractivity contribution < 1.29 is 19.1 Å². The highest BCUT2D eigenvalue weighted by Crippen LogP contribution is 2.20. The minimum atomic E-state index is -0.0285. The number of benzene rings is 1. The maximum Gasteiger partial charge on any atom is 0.224 e. The Labute approximate surface area is 155 Å². The van der Waals surface area contributed by atoms with Crippen LogP contribution in [0.3, 0.4) is 0 Å². The number of ether oxygens (including phenoxy) is 2. The molecule has 0 spiro atoms. The predicted octanol–water partition coefficient (Wildman–Crippen LogP) is 1.23. The van der Waals surface area contributed by atoms with Crippen LogP contribution in [-0.4, -0.2) is 81.7 Å². The lowest BCUT2D eigenvalue weighted by molar-refractivity contribution is -0.134. The number of methoxy groups -OCH3 is 2. The van der Waals surface area contributed by atoms with Crippen molar-refractivity contribution in [3.8, 4) is 5.75 Å². The van der Waals surface area contributed by atoms with Gasteiger partial charge in [0.05, 0.1) is 13.7 Å². The first-order chi connectivity index (χ1) is 12.5. The topological polar surface area (TPSA) is 62.3 Å². The first kappa shape index (κ1) is 20.0. The highest BCUT2D eigenvalue weighted by molar-refractivity contribution is 5.78. The van der Waals surface area contributed by atoms with Crippen LogP contribution in [0.25, 0.3) is 0 Å². The van der Waals surface area contributed by atoms with Crippen molar-refractivity contribution in [3.63, 3.8) is 0 Å². The van der Waals surface area contributed by atoms with Crippen LogP contribution in [-0.2, 0) is 14.3 Å². The molecule has 0 unspecified atom stereocenters. The quantitative estimate of drug-likeness (QED) is 0.695. The number of piperazine rings is 1. The first-order valence-electron chi connectivity index (χ1n) is 8.96. The number of nitrogens with zero attached hydrogens (tertiary/aromatic N) is 3. The van der Waals surface area contributed by atoms with Crippen LogP contribution in [0, 0.1) is 0 Å². The van der Waals surface area contributed by atoms with Gasteiger partial charge in [-0.15, -0.1) is 0 Å². The van der Waals surface area contributed by atoms with Crippen LogP contribution >= 0.6 is 0 Å². The summed E-state index contributed by atoms with van der Waals surface area (Å²) in [4.78, 5) is 29.9. The van der Waals surface area contributed by atoms with Gasteiger partial charge in [-0.3, -0.25) is 9.59 Å². The standard InChI is InChI=1S/C19H29N3O4/c1-16(23)20(14-15-25-2)9-8-19(24)22-12-10-21(11-13-22)17-4-6-18(26-3)7-5-17/h4-7H,8-15H2,1-3H3. The summed E-state index contributed by atoms with van der Waals surface area (Å²) in [5.41, 5.74) is 1.14. The second kappa shape index (κ2) is 10.0. The van der Waals surface area contributed by atoms with Crippen molar-refractivity contribution in [3.05, 3.63) is 24.3 Å². The number of carbonyl (C=O) groups excluding carboxylic acids is 2. The van der Waals surface area contributed by atoms with Crippen LogP contribution < -0.4 is 9.64 Å². The average Bonchev–Trinajstić information content (AvgIpc) is 2.67. The lowest BCUT2D eigenvalue weighted by atomic mass is 10.2. The Morgan fingerprint density at radius 3 is 2.23 bits per heavy atom. The van der Waals surface area contributed by atoms with Gasteiger partial charge in [0.1, 0.15) is 5.75 Å². The summed E-state index contributed by atoms with van der Waals surface area (Å²) >= 11 is 0. The van der Waals surface area contributed by atoms with E-state index in [2.05, 4.69) is 4.90 Å². The molecule has 1 aromatic carbocycles. The molecule has 2 rings (SSSR count). The lowest BCUT2D eigenvalue weighted by Crippen LogP contribution is -2.49. The fraction of sp³-hybridized carbons (Fsp3) is 0.579. The van der Waals surface area contributed by atoms with E-state index >= 15 is 0 Å². The fourth-order valence-electron chi connectivity index (χ4n) is 3.02. The molecular weight excluding hydrogens is 334 g/mol. The largest absolute Gasteiger partial charge is 0.497 e. The van der Waals surface area contributed by atoms with E-state index in [4.69, 9.17) is 9.47 Å². The van der Waals surface area contributed by atoms with Gasteiger partial charge in [-0.1, -0.05) is 0 Å². The minimum Gasteiger partial charge on any atom is -0.497 e. The Balaban J connectivity index is 1.79. The molecule has 0 bridgehead atoms. The van der Waals surface area contributed by atoms with Crippen LogP contribution in [0.4, 0.5) is 5.69 Å². The third-order valence-electron chi connectivity index (χ3n) is 4.68. The van der Waals surface area contributed by atoms with Gasteiger partial charge in [-0.2, -0.15) is 0 Å². The normalized spacial score (nSPS) is 14.3. The van der Waals surface area contributed by atoms with E-state index in [0.717, 1.165) is 24.5 Å². The van der Waals surface area contributed by atoms with Crippen molar-refractivity contribution in [2.45, 2.75) is 13.3 Å². The monoisotopic (exact) mass is 363 g/mol. The number of hydrogen-bond acceptors (Lipinski definition) is 5. The van der Waals surface area contributed by atoms with Gasteiger partial charge in [-0.05, 0) is 24.3 Å². The molecule has 0 N–H and O–H groups in total. The summed E-state index contributed by atoms with van der Waals surface area (Å²) < 4.78 is 10.2. The van der Waals surface area contributed by atoms with E-state index in [1.807, 2.05) is 29.2 Å². The smallest absolute Gasteiger partial charge is 0.224 e. The molecule has 2 amide bonds. The number of carbonyl (C=O) groups is 2. The summed E-state index contributed by atoms with van der Waals surface area (Å²) in [5, 5.41) is 0. The molecule has 0 atom stereocenters. The molecule has 0 aliphatic carbocycles. The third-order valence-corrected chi connectivity index (χ3v) is 4.68. The molecule has 7 heteroatoms. The molecule has 1 aliphatic heterocycles. The third kappa shape index (κ3) is 5.62. The van der Waals surface area contributed by atoms with Gasteiger partial charge >= 0.3 is 0 Å². The van der Waals surface area contributed by atoms with Gasteiger partial charge in [0.15, 0.2) is 0 Å². The van der Waals surface area contributed by atoms with Gasteiger partial charge in [0.25, 0.3) is 0 Å². The molecule has 7 nitrogen and oxygen atoms in total. The molecule has 0 radical (unpaired) electrons. The predicted molar refractivity (Wildman–Crippen MR) is 101 cm³/mol. The van der Waals surface area contributed by atoms with E-state index in [0.29, 0.717) is 39.2 Å². The van der Waals surface area contributed by atoms with Gasteiger partial charge in [0, 0.05) is 65.4 Å². The van der Waals surface area contributed by atoms with Crippen LogP contribution in [0.5, 0.6) is 5.75 Å². The molecule has 26 heavy (non-hydrogen) atoms. The maximum absolute atomic E-state index is 12.4. The summed E-state index contributed by atoms with van der Waals surface area (Å²) in [5.74, 6) is 0.910. The highest BCUT2D eigenvalue weighted by atomic mass is 16.5. The summed E-state index contributed by atoms with van der Waals surface area (Å²) in [7, 11) is 3.26.